The molecule has 4 nitrogen and oxygen atoms in total. The van der Waals surface area contributed by atoms with Crippen LogP contribution < -0.4 is 0 Å². The molecule has 100 valence electrons. The maximum atomic E-state index is 11.8. The van der Waals surface area contributed by atoms with Gasteiger partial charge in [-0.3, -0.25) is 4.79 Å². The first-order valence-electron chi connectivity index (χ1n) is 5.42. The van der Waals surface area contributed by atoms with Gasteiger partial charge in [0.1, 0.15) is 5.60 Å². The third-order valence-corrected chi connectivity index (χ3v) is 3.55. The van der Waals surface area contributed by atoms with E-state index in [2.05, 4.69) is 15.9 Å². The van der Waals surface area contributed by atoms with E-state index >= 15 is 0 Å². The zero-order valence-corrected chi connectivity index (χ0v) is 13.2. The van der Waals surface area contributed by atoms with Gasteiger partial charge >= 0.3 is 11.9 Å². The Morgan fingerprint density at radius 1 is 1.39 bits per heavy atom. The van der Waals surface area contributed by atoms with Crippen LogP contribution in [0.5, 0.6) is 0 Å². The predicted molar refractivity (Wildman–Crippen MR) is 74.3 cm³/mol. The summed E-state index contributed by atoms with van der Waals surface area (Å²) in [6.07, 6.45) is 0. The zero-order chi connectivity index (χ0) is 13.9. The zero-order valence-electron chi connectivity index (χ0n) is 10.8. The van der Waals surface area contributed by atoms with Gasteiger partial charge < -0.3 is 9.64 Å². The summed E-state index contributed by atoms with van der Waals surface area (Å²) in [5.41, 5.74) is -0.653. The van der Waals surface area contributed by atoms with Crippen molar-refractivity contribution in [1.29, 1.82) is 0 Å². The fourth-order valence-corrected chi connectivity index (χ4v) is 2.76. The van der Waals surface area contributed by atoms with Crippen LogP contribution in [-0.4, -0.2) is 29.4 Å². The average molecular weight is 334 g/mol. The lowest BCUT2D eigenvalue weighted by Crippen LogP contribution is -2.37. The Morgan fingerprint density at radius 2 is 2.00 bits per heavy atom. The van der Waals surface area contributed by atoms with Crippen LogP contribution in [0, 0.1) is 0 Å². The van der Waals surface area contributed by atoms with Crippen LogP contribution in [-0.2, 0) is 20.9 Å². The standard InChI is InChI=1S/C12H16BrNO3S/c1-12(2,3)17-11(16)10(15)14(4)7-8-5-6-9(13)18-8/h5-6H,7H2,1-4H3. The van der Waals surface area contributed by atoms with Gasteiger partial charge in [0.15, 0.2) is 0 Å². The Morgan fingerprint density at radius 3 is 2.44 bits per heavy atom. The van der Waals surface area contributed by atoms with Gasteiger partial charge in [-0.05, 0) is 48.8 Å². The Hall–Kier alpha value is -0.880. The predicted octanol–water partition coefficient (Wildman–Crippen LogP) is 2.81. The number of carbonyl (C=O) groups is 2. The summed E-state index contributed by atoms with van der Waals surface area (Å²) in [7, 11) is 1.58. The normalized spacial score (nSPS) is 11.2. The number of thiophene rings is 1. The minimum Gasteiger partial charge on any atom is -0.453 e. The molecule has 0 spiro atoms. The largest absolute Gasteiger partial charge is 0.453 e. The van der Waals surface area contributed by atoms with Crippen LogP contribution in [0.15, 0.2) is 15.9 Å². The first kappa shape index (κ1) is 15.2. The minimum absolute atomic E-state index is 0.397. The third kappa shape index (κ3) is 4.78. The van der Waals surface area contributed by atoms with Crippen LogP contribution in [0.25, 0.3) is 0 Å². The van der Waals surface area contributed by atoms with Crippen molar-refractivity contribution in [3.8, 4) is 0 Å². The molecule has 0 fully saturated rings. The molecule has 1 aromatic heterocycles. The van der Waals surface area contributed by atoms with Crippen molar-refractivity contribution in [2.24, 2.45) is 0 Å². The molecule has 18 heavy (non-hydrogen) atoms. The van der Waals surface area contributed by atoms with Gasteiger partial charge in [0.2, 0.25) is 0 Å². The van der Waals surface area contributed by atoms with Crippen molar-refractivity contribution in [1.82, 2.24) is 4.90 Å². The van der Waals surface area contributed by atoms with E-state index in [9.17, 15) is 9.59 Å². The topological polar surface area (TPSA) is 46.6 Å². The molecule has 0 N–H and O–H groups in total. The number of hydrogen-bond acceptors (Lipinski definition) is 4. The number of esters is 1. The molecule has 6 heteroatoms. The molecule has 1 amide bonds. The van der Waals surface area contributed by atoms with Gasteiger partial charge in [0.05, 0.1) is 10.3 Å². The van der Waals surface area contributed by atoms with Crippen LogP contribution in [0.4, 0.5) is 0 Å². The summed E-state index contributed by atoms with van der Waals surface area (Å²) in [6.45, 7) is 5.59. The molecule has 1 aromatic rings. The highest BCUT2D eigenvalue weighted by molar-refractivity contribution is 9.11. The number of carbonyl (C=O) groups excluding carboxylic acids is 2. The molecular weight excluding hydrogens is 318 g/mol. The van der Waals surface area contributed by atoms with E-state index in [1.54, 1.807) is 27.8 Å². The molecule has 0 saturated carbocycles. The van der Waals surface area contributed by atoms with Gasteiger partial charge in [0, 0.05) is 11.9 Å². The maximum Gasteiger partial charge on any atom is 0.397 e. The number of amides is 1. The summed E-state index contributed by atoms with van der Waals surface area (Å²) in [5, 5.41) is 0. The summed E-state index contributed by atoms with van der Waals surface area (Å²) >= 11 is 4.88. The highest BCUT2D eigenvalue weighted by Gasteiger charge is 2.25. The van der Waals surface area contributed by atoms with E-state index in [0.29, 0.717) is 6.54 Å². The molecule has 0 aliphatic heterocycles. The van der Waals surface area contributed by atoms with Crippen molar-refractivity contribution in [2.45, 2.75) is 32.9 Å². The first-order chi connectivity index (χ1) is 8.19. The van der Waals surface area contributed by atoms with Crippen molar-refractivity contribution in [2.75, 3.05) is 7.05 Å². The molecule has 0 aromatic carbocycles. The number of rotatable bonds is 2. The number of nitrogens with zero attached hydrogens (tertiary/aromatic N) is 1. The Balaban J connectivity index is 2.59. The van der Waals surface area contributed by atoms with E-state index in [1.165, 1.54) is 16.2 Å². The minimum atomic E-state index is -0.819. The summed E-state index contributed by atoms with van der Waals surface area (Å²) in [6, 6.07) is 3.82. The maximum absolute atomic E-state index is 11.8. The fraction of sp³-hybridized carbons (Fsp3) is 0.500. The highest BCUT2D eigenvalue weighted by Crippen LogP contribution is 2.23. The molecule has 0 atom stereocenters. The Bertz CT molecular complexity index is 450. The molecule has 0 radical (unpaired) electrons. The van der Waals surface area contributed by atoms with Gasteiger partial charge in [-0.1, -0.05) is 0 Å². The molecule has 0 bridgehead atoms. The van der Waals surface area contributed by atoms with Crippen molar-refractivity contribution in [3.05, 3.63) is 20.8 Å². The first-order valence-corrected chi connectivity index (χ1v) is 7.02. The average Bonchev–Trinajstić information content (AvgIpc) is 2.60. The third-order valence-electron chi connectivity index (χ3n) is 1.94. The number of halogens is 1. The van der Waals surface area contributed by atoms with E-state index in [-0.39, 0.29) is 0 Å². The van der Waals surface area contributed by atoms with Crippen LogP contribution >= 0.6 is 27.3 Å². The molecular formula is C12H16BrNO3S. The lowest BCUT2D eigenvalue weighted by molar-refractivity contribution is -0.167. The molecule has 0 saturated heterocycles. The van der Waals surface area contributed by atoms with Crippen LogP contribution in [0.2, 0.25) is 0 Å². The second-order valence-electron chi connectivity index (χ2n) is 4.87. The van der Waals surface area contributed by atoms with E-state index in [4.69, 9.17) is 4.74 Å². The Kier molecular flexibility index (Phi) is 4.92. The number of hydrogen-bond donors (Lipinski definition) is 0. The molecule has 1 heterocycles. The summed E-state index contributed by atoms with van der Waals surface area (Å²) in [4.78, 5) is 25.7. The lowest BCUT2D eigenvalue weighted by Gasteiger charge is -2.21. The van der Waals surface area contributed by atoms with Crippen molar-refractivity contribution in [3.63, 3.8) is 0 Å². The smallest absolute Gasteiger partial charge is 0.397 e. The van der Waals surface area contributed by atoms with E-state index in [0.717, 1.165) is 8.66 Å². The number of ether oxygens (including phenoxy) is 1. The van der Waals surface area contributed by atoms with Crippen LogP contribution in [0.1, 0.15) is 25.6 Å². The molecule has 0 unspecified atom stereocenters. The van der Waals surface area contributed by atoms with E-state index in [1.807, 2.05) is 12.1 Å². The summed E-state index contributed by atoms with van der Waals surface area (Å²) < 4.78 is 6.02. The molecule has 0 aliphatic rings. The van der Waals surface area contributed by atoms with Crippen molar-refractivity contribution < 1.29 is 14.3 Å². The molecule has 1 rings (SSSR count). The fourth-order valence-electron chi connectivity index (χ4n) is 1.22. The van der Waals surface area contributed by atoms with E-state index < -0.39 is 17.5 Å². The molecule has 0 aliphatic carbocycles. The highest BCUT2D eigenvalue weighted by atomic mass is 79.9. The van der Waals surface area contributed by atoms with Gasteiger partial charge in [-0.2, -0.15) is 0 Å². The second kappa shape index (κ2) is 5.84. The van der Waals surface area contributed by atoms with Gasteiger partial charge in [-0.15, -0.1) is 11.3 Å². The van der Waals surface area contributed by atoms with Gasteiger partial charge in [-0.25, -0.2) is 4.79 Å². The monoisotopic (exact) mass is 333 g/mol. The van der Waals surface area contributed by atoms with Gasteiger partial charge in [0.25, 0.3) is 0 Å². The quantitative estimate of drug-likeness (QED) is 0.617. The number of likely N-dealkylation sites (N-methyl/N-ethyl adjacent to an activating group) is 1. The second-order valence-corrected chi connectivity index (χ2v) is 7.42. The van der Waals surface area contributed by atoms with Crippen LogP contribution in [0.3, 0.4) is 0 Å². The lowest BCUT2D eigenvalue weighted by atomic mass is 10.2. The Labute approximate surface area is 119 Å². The van der Waals surface area contributed by atoms with Crippen molar-refractivity contribution >= 4 is 39.1 Å². The SMILES string of the molecule is CN(Cc1ccc(Br)s1)C(=O)C(=O)OC(C)(C)C. The summed E-state index contributed by atoms with van der Waals surface area (Å²) in [5.74, 6) is -1.45.